The molecule has 0 spiro atoms. The summed E-state index contributed by atoms with van der Waals surface area (Å²) >= 11 is 3.41. The van der Waals surface area contributed by atoms with Gasteiger partial charge in [0.1, 0.15) is 0 Å². The van der Waals surface area contributed by atoms with Gasteiger partial charge in [-0.1, -0.05) is 76.6 Å². The summed E-state index contributed by atoms with van der Waals surface area (Å²) in [5, 5.41) is 0. The van der Waals surface area contributed by atoms with Gasteiger partial charge < -0.3 is 0 Å². The number of ketones is 1. The normalized spacial score (nSPS) is 29.9. The van der Waals surface area contributed by atoms with E-state index in [1.54, 1.807) is 12.1 Å². The molecule has 0 radical (unpaired) electrons. The molecule has 2 amide bonds. The summed E-state index contributed by atoms with van der Waals surface area (Å²) in [6, 6.07) is 26.8. The smallest absolute Gasteiger partial charge is 0.239 e. The second-order valence-corrected chi connectivity index (χ2v) is 10.6. The number of allylic oxidation sites excluding steroid dienone is 2. The van der Waals surface area contributed by atoms with Crippen LogP contribution in [0.1, 0.15) is 25.0 Å². The number of Topliss-reactive ketones (excluding diaryl/α,β-unsaturated/α-hetero) is 1. The van der Waals surface area contributed by atoms with E-state index in [1.807, 2.05) is 86.6 Å². The maximum absolute atomic E-state index is 14.2. The molecule has 5 heteroatoms. The molecular weight excluding hydrogens is 490 g/mol. The lowest BCUT2D eigenvalue weighted by Gasteiger charge is -2.35. The number of benzene rings is 3. The Balaban J connectivity index is 1.62. The lowest BCUT2D eigenvalue weighted by Crippen LogP contribution is -2.40. The Labute approximate surface area is 206 Å². The van der Waals surface area contributed by atoms with E-state index < -0.39 is 22.7 Å². The summed E-state index contributed by atoms with van der Waals surface area (Å²) < 4.78 is 0.865. The van der Waals surface area contributed by atoms with Crippen molar-refractivity contribution in [2.24, 2.45) is 22.7 Å². The Kier molecular flexibility index (Phi) is 4.43. The first kappa shape index (κ1) is 21.2. The Hall–Kier alpha value is -3.31. The highest BCUT2D eigenvalue weighted by atomic mass is 79.9. The first-order valence-corrected chi connectivity index (χ1v) is 12.1. The highest BCUT2D eigenvalue weighted by Crippen LogP contribution is 2.73. The molecule has 1 saturated heterocycles. The van der Waals surface area contributed by atoms with Gasteiger partial charge in [-0.25, -0.2) is 4.90 Å². The molecule has 34 heavy (non-hydrogen) atoms. The van der Waals surface area contributed by atoms with Crippen LogP contribution in [0.5, 0.6) is 0 Å². The number of carbonyl (C=O) groups is 3. The zero-order chi connectivity index (χ0) is 23.8. The second kappa shape index (κ2) is 7.09. The number of hydrogen-bond donors (Lipinski definition) is 0. The molecule has 2 bridgehead atoms. The van der Waals surface area contributed by atoms with Gasteiger partial charge in [0.2, 0.25) is 11.8 Å². The van der Waals surface area contributed by atoms with Gasteiger partial charge in [-0.3, -0.25) is 14.4 Å². The SMILES string of the molecule is C[C@]12C(=O)[C@](C)(C(c3ccccc3)=C1c1ccccc1)[C@@H]1C(=O)N(c3ccc(Br)cc3)C(=O)[C@H]12. The Morgan fingerprint density at radius 3 is 1.47 bits per heavy atom. The number of halogens is 1. The van der Waals surface area contributed by atoms with Crippen LogP contribution in [0.25, 0.3) is 11.1 Å². The van der Waals surface area contributed by atoms with Crippen LogP contribution in [0, 0.1) is 22.7 Å². The topological polar surface area (TPSA) is 54.5 Å². The molecule has 1 saturated carbocycles. The van der Waals surface area contributed by atoms with Crippen LogP contribution < -0.4 is 4.90 Å². The summed E-state index contributed by atoms with van der Waals surface area (Å²) in [6.07, 6.45) is 0. The zero-order valence-electron chi connectivity index (χ0n) is 18.8. The summed E-state index contributed by atoms with van der Waals surface area (Å²) in [5.74, 6) is -2.09. The third-order valence-corrected chi connectivity index (χ3v) is 8.52. The molecule has 3 aromatic carbocycles. The van der Waals surface area contributed by atoms with Crippen molar-refractivity contribution in [2.75, 3.05) is 4.90 Å². The van der Waals surface area contributed by atoms with Crippen LogP contribution in [0.3, 0.4) is 0 Å². The van der Waals surface area contributed by atoms with E-state index in [0.29, 0.717) is 5.69 Å². The minimum absolute atomic E-state index is 0.0372. The number of carbonyl (C=O) groups excluding carboxylic acids is 3. The number of amides is 2. The highest BCUT2D eigenvalue weighted by Gasteiger charge is 2.78. The van der Waals surface area contributed by atoms with Gasteiger partial charge in [0.05, 0.1) is 28.4 Å². The fourth-order valence-electron chi connectivity index (χ4n) is 6.65. The van der Waals surface area contributed by atoms with E-state index in [2.05, 4.69) is 15.9 Å². The van der Waals surface area contributed by atoms with E-state index in [-0.39, 0.29) is 17.6 Å². The van der Waals surface area contributed by atoms with E-state index in [4.69, 9.17) is 0 Å². The van der Waals surface area contributed by atoms with Crippen LogP contribution in [0.2, 0.25) is 0 Å². The first-order valence-electron chi connectivity index (χ1n) is 11.4. The maximum atomic E-state index is 14.2. The molecule has 0 aromatic heterocycles. The first-order chi connectivity index (χ1) is 16.3. The number of nitrogens with zero attached hydrogens (tertiary/aromatic N) is 1. The van der Waals surface area contributed by atoms with Crippen molar-refractivity contribution in [3.63, 3.8) is 0 Å². The number of fused-ring (bicyclic) bond motifs is 5. The van der Waals surface area contributed by atoms with E-state index in [0.717, 1.165) is 26.7 Å². The molecule has 1 heterocycles. The molecule has 4 nitrogen and oxygen atoms in total. The van der Waals surface area contributed by atoms with Crippen molar-refractivity contribution in [1.82, 2.24) is 0 Å². The summed E-state index contributed by atoms with van der Waals surface area (Å²) in [6.45, 7) is 3.74. The van der Waals surface area contributed by atoms with Gasteiger partial charge in [-0.05, 0) is 60.4 Å². The molecular formula is C29H22BrNO3. The fraction of sp³-hybridized carbons (Fsp3) is 0.207. The summed E-state index contributed by atoms with van der Waals surface area (Å²) in [4.78, 5) is 43.3. The van der Waals surface area contributed by atoms with E-state index in [9.17, 15) is 14.4 Å². The van der Waals surface area contributed by atoms with Crippen molar-refractivity contribution >= 4 is 50.4 Å². The van der Waals surface area contributed by atoms with Crippen molar-refractivity contribution in [3.05, 3.63) is 101 Å². The average molecular weight is 512 g/mol. The minimum atomic E-state index is -1.09. The molecule has 3 aliphatic rings. The van der Waals surface area contributed by atoms with Crippen LogP contribution >= 0.6 is 15.9 Å². The number of rotatable bonds is 3. The van der Waals surface area contributed by atoms with Crippen molar-refractivity contribution < 1.29 is 14.4 Å². The molecule has 1 aliphatic heterocycles. The van der Waals surface area contributed by atoms with Crippen LogP contribution in [-0.2, 0) is 14.4 Å². The molecule has 4 atom stereocenters. The summed E-state index contributed by atoms with van der Waals surface area (Å²) in [5.41, 5.74) is 1.92. The van der Waals surface area contributed by atoms with Gasteiger partial charge in [0.25, 0.3) is 0 Å². The predicted molar refractivity (Wildman–Crippen MR) is 135 cm³/mol. The zero-order valence-corrected chi connectivity index (χ0v) is 20.4. The molecule has 6 rings (SSSR count). The van der Waals surface area contributed by atoms with Crippen LogP contribution in [-0.4, -0.2) is 17.6 Å². The maximum Gasteiger partial charge on any atom is 0.239 e. The Morgan fingerprint density at radius 2 is 1.06 bits per heavy atom. The van der Waals surface area contributed by atoms with Crippen molar-refractivity contribution in [2.45, 2.75) is 13.8 Å². The minimum Gasteiger partial charge on any atom is -0.298 e. The standard InChI is InChI=1S/C29H22BrNO3/c1-28-21(17-9-5-3-6-10-17)22(18-11-7-4-8-12-18)29(2,27(28)34)24-23(28)25(32)31(26(24)33)20-15-13-19(30)14-16-20/h3-16,23-24H,1-2H3/t23-,24-,28-,29+/m0/s1. The highest BCUT2D eigenvalue weighted by molar-refractivity contribution is 9.10. The number of anilines is 1. The quantitative estimate of drug-likeness (QED) is 0.419. The molecule has 168 valence electrons. The molecule has 3 aromatic rings. The lowest BCUT2D eigenvalue weighted by molar-refractivity contribution is -0.133. The van der Waals surface area contributed by atoms with Crippen LogP contribution in [0.4, 0.5) is 5.69 Å². The lowest BCUT2D eigenvalue weighted by atomic mass is 9.63. The second-order valence-electron chi connectivity index (χ2n) is 9.66. The number of imide groups is 1. The van der Waals surface area contributed by atoms with E-state index >= 15 is 0 Å². The van der Waals surface area contributed by atoms with E-state index in [1.165, 1.54) is 4.90 Å². The average Bonchev–Trinajstić information content (AvgIpc) is 3.30. The molecule has 0 N–H and O–H groups in total. The molecule has 2 fully saturated rings. The van der Waals surface area contributed by atoms with Gasteiger partial charge >= 0.3 is 0 Å². The molecule has 0 unspecified atom stereocenters. The Bertz CT molecular complexity index is 1310. The largest absolute Gasteiger partial charge is 0.298 e. The van der Waals surface area contributed by atoms with Gasteiger partial charge in [-0.15, -0.1) is 0 Å². The van der Waals surface area contributed by atoms with Crippen molar-refractivity contribution in [3.8, 4) is 0 Å². The molecule has 2 aliphatic carbocycles. The van der Waals surface area contributed by atoms with Gasteiger partial charge in [0, 0.05) is 4.47 Å². The third kappa shape index (κ3) is 2.45. The summed E-state index contributed by atoms with van der Waals surface area (Å²) in [7, 11) is 0. The monoisotopic (exact) mass is 511 g/mol. The van der Waals surface area contributed by atoms with Gasteiger partial charge in [0.15, 0.2) is 5.78 Å². The number of hydrogen-bond acceptors (Lipinski definition) is 3. The van der Waals surface area contributed by atoms with Crippen molar-refractivity contribution in [1.29, 1.82) is 0 Å². The predicted octanol–water partition coefficient (Wildman–Crippen LogP) is 5.77. The Morgan fingerprint density at radius 1 is 0.647 bits per heavy atom. The fourth-order valence-corrected chi connectivity index (χ4v) is 6.92. The van der Waals surface area contributed by atoms with Gasteiger partial charge in [-0.2, -0.15) is 0 Å². The van der Waals surface area contributed by atoms with Crippen LogP contribution in [0.15, 0.2) is 89.4 Å². The third-order valence-electron chi connectivity index (χ3n) is 7.99.